The van der Waals surface area contributed by atoms with E-state index in [1.54, 1.807) is 18.2 Å². The average molecular weight is 672 g/mol. The number of ether oxygens (including phenoxy) is 1. The molecule has 0 spiro atoms. The Labute approximate surface area is 298 Å². The van der Waals surface area contributed by atoms with E-state index in [-0.39, 0.29) is 0 Å². The molecule has 1 N–H and O–H groups in total. The van der Waals surface area contributed by atoms with Gasteiger partial charge in [0.1, 0.15) is 5.75 Å². The van der Waals surface area contributed by atoms with Crippen LogP contribution in [0.1, 0.15) is 154 Å². The van der Waals surface area contributed by atoms with Crippen LogP contribution in [0.4, 0.5) is 5.69 Å². The minimum Gasteiger partial charge on any atom is -0.495 e. The molecule has 2 nitrogen and oxygen atoms in total. The molecule has 6 rings (SSSR count). The first-order valence-electron chi connectivity index (χ1n) is 19.3. The lowest BCUT2D eigenvalue weighted by atomic mass is 9.78. The van der Waals surface area contributed by atoms with Crippen LogP contribution in [0.2, 0.25) is 0 Å². The van der Waals surface area contributed by atoms with E-state index in [2.05, 4.69) is 119 Å². The van der Waals surface area contributed by atoms with E-state index in [0.717, 1.165) is 29.7 Å². The Morgan fingerprint density at radius 3 is 2.15 bits per heavy atom. The number of allylic oxidation sites excluding steroid dienone is 5. The van der Waals surface area contributed by atoms with Gasteiger partial charge in [0.25, 0.3) is 0 Å². The molecule has 3 heteroatoms. The predicted molar refractivity (Wildman–Crippen MR) is 217 cm³/mol. The van der Waals surface area contributed by atoms with Crippen molar-refractivity contribution in [2.45, 2.75) is 152 Å². The van der Waals surface area contributed by atoms with Gasteiger partial charge in [-0.1, -0.05) is 117 Å². The fourth-order valence-corrected chi connectivity index (χ4v) is 6.83. The Kier molecular flexibility index (Phi) is 15.6. The van der Waals surface area contributed by atoms with Crippen LogP contribution in [0.15, 0.2) is 59.3 Å². The Bertz CT molecular complexity index is 1430. The summed E-state index contributed by atoms with van der Waals surface area (Å²) in [6.07, 6.45) is 20.2. The number of methoxy groups -OCH3 is 1. The third-order valence-corrected chi connectivity index (χ3v) is 11.1. The monoisotopic (exact) mass is 672 g/mol. The Hall–Kier alpha value is -2.31. The van der Waals surface area contributed by atoms with Crippen molar-refractivity contribution in [2.75, 3.05) is 12.4 Å². The molecule has 4 aliphatic rings. The predicted octanol–water partition coefficient (Wildman–Crippen LogP) is 13.1. The summed E-state index contributed by atoms with van der Waals surface area (Å²) in [5, 5.41) is 5.19. The van der Waals surface area contributed by atoms with Crippen molar-refractivity contribution in [3.05, 3.63) is 87.2 Å². The highest BCUT2D eigenvalue weighted by atomic mass is 31.0. The average Bonchev–Trinajstić information content (AvgIpc) is 3.96. The molecular formula is C45H70NOP. The quantitative estimate of drug-likeness (QED) is 0.212. The van der Waals surface area contributed by atoms with E-state index >= 15 is 0 Å². The minimum atomic E-state index is 0.401. The number of hydrogen-bond acceptors (Lipinski definition) is 2. The number of benzene rings is 2. The summed E-state index contributed by atoms with van der Waals surface area (Å²) in [4.78, 5) is 0. The summed E-state index contributed by atoms with van der Waals surface area (Å²) in [5.74, 6) is 3.96. The summed E-state index contributed by atoms with van der Waals surface area (Å²) in [6.45, 7) is 24.4. The van der Waals surface area contributed by atoms with E-state index in [1.165, 1.54) is 96.6 Å². The summed E-state index contributed by atoms with van der Waals surface area (Å²) >= 11 is 0. The van der Waals surface area contributed by atoms with Crippen LogP contribution in [-0.2, 0) is 11.8 Å². The Morgan fingerprint density at radius 2 is 1.65 bits per heavy atom. The van der Waals surface area contributed by atoms with Gasteiger partial charge in [0.05, 0.1) is 12.8 Å². The summed E-state index contributed by atoms with van der Waals surface area (Å²) < 4.78 is 5.82. The smallest absolute Gasteiger partial charge is 0.142 e. The molecule has 0 radical (unpaired) electrons. The lowest BCUT2D eigenvalue weighted by molar-refractivity contribution is 0.404. The molecule has 0 aromatic heterocycles. The first-order valence-corrected chi connectivity index (χ1v) is 19.9. The standard InChI is InChI=1S/C27H39NO.C12H17P.C4H8.C2H6/c1-7-9-25(23(18(2)3)15-12-20(5)21-13-14-21)28-27-24(22-10-8-11-22)16-19(4)17-26(27)29-6;1-8-6-10-9(7-11(8)13)4-5-12(10,2)3;1-4-2-3-4;1-2/h9,12,15-18,21-22,28H,7-8,10-11,13-14H2,1-6H3;6-7H,4-5,13H2,1-3H3;4H,2-3H2,1H3;1-2H3/b20-12+,23-15+,25-9+;;;. The van der Waals surface area contributed by atoms with Gasteiger partial charge in [-0.3, -0.25) is 0 Å². The normalized spacial score (nSPS) is 18.8. The number of anilines is 1. The van der Waals surface area contributed by atoms with Gasteiger partial charge in [0, 0.05) is 5.70 Å². The highest BCUT2D eigenvalue weighted by Gasteiger charge is 2.30. The third kappa shape index (κ3) is 11.4. The molecule has 2 aromatic carbocycles. The largest absolute Gasteiger partial charge is 0.495 e. The van der Waals surface area contributed by atoms with Gasteiger partial charge in [-0.05, 0) is 140 Å². The first kappa shape index (κ1) is 40.1. The molecule has 4 aliphatic carbocycles. The van der Waals surface area contributed by atoms with Crippen molar-refractivity contribution >= 4 is 20.2 Å². The van der Waals surface area contributed by atoms with Crippen molar-refractivity contribution in [3.8, 4) is 5.75 Å². The number of aryl methyl sites for hydroxylation is 3. The number of nitrogens with one attached hydrogen (secondary N) is 1. The molecule has 266 valence electrons. The zero-order valence-corrected chi connectivity index (χ0v) is 34.1. The topological polar surface area (TPSA) is 21.3 Å². The lowest BCUT2D eigenvalue weighted by Gasteiger charge is -2.30. The molecule has 48 heavy (non-hydrogen) atoms. The fraction of sp³-hybridized carbons (Fsp3) is 0.600. The van der Waals surface area contributed by atoms with Gasteiger partial charge in [-0.2, -0.15) is 0 Å². The van der Waals surface area contributed by atoms with E-state index < -0.39 is 0 Å². The molecule has 0 aliphatic heterocycles. The van der Waals surface area contributed by atoms with Crippen LogP contribution in [0, 0.1) is 31.6 Å². The van der Waals surface area contributed by atoms with Crippen molar-refractivity contribution in [1.29, 1.82) is 0 Å². The van der Waals surface area contributed by atoms with Gasteiger partial charge in [-0.25, -0.2) is 0 Å². The fourth-order valence-electron chi connectivity index (χ4n) is 6.54. The molecule has 1 atom stereocenters. The minimum absolute atomic E-state index is 0.401. The zero-order valence-electron chi connectivity index (χ0n) is 32.9. The van der Waals surface area contributed by atoms with Gasteiger partial charge >= 0.3 is 0 Å². The van der Waals surface area contributed by atoms with Crippen molar-refractivity contribution < 1.29 is 4.74 Å². The van der Waals surface area contributed by atoms with Crippen LogP contribution in [0.25, 0.3) is 0 Å². The van der Waals surface area contributed by atoms with E-state index in [4.69, 9.17) is 4.74 Å². The second-order valence-corrected chi connectivity index (χ2v) is 16.2. The van der Waals surface area contributed by atoms with E-state index in [0.29, 0.717) is 17.3 Å². The Morgan fingerprint density at radius 1 is 1.00 bits per heavy atom. The molecule has 0 bridgehead atoms. The van der Waals surface area contributed by atoms with Crippen molar-refractivity contribution in [1.82, 2.24) is 0 Å². The van der Waals surface area contributed by atoms with Gasteiger partial charge in [0.2, 0.25) is 0 Å². The maximum atomic E-state index is 5.82. The third-order valence-electron chi connectivity index (χ3n) is 10.5. The summed E-state index contributed by atoms with van der Waals surface area (Å²) in [7, 11) is 4.61. The number of rotatable bonds is 9. The van der Waals surface area contributed by atoms with E-state index in [9.17, 15) is 0 Å². The number of fused-ring (bicyclic) bond motifs is 1. The van der Waals surface area contributed by atoms with Gasteiger partial charge < -0.3 is 10.1 Å². The molecule has 3 saturated carbocycles. The van der Waals surface area contributed by atoms with Crippen molar-refractivity contribution in [2.24, 2.45) is 17.8 Å². The molecular weight excluding hydrogens is 601 g/mol. The second-order valence-electron chi connectivity index (χ2n) is 15.6. The van der Waals surface area contributed by atoms with E-state index in [1.807, 2.05) is 13.8 Å². The molecule has 2 aromatic rings. The van der Waals surface area contributed by atoms with Crippen LogP contribution in [0.3, 0.4) is 0 Å². The maximum Gasteiger partial charge on any atom is 0.142 e. The molecule has 1 unspecified atom stereocenters. The van der Waals surface area contributed by atoms with Crippen LogP contribution < -0.4 is 15.4 Å². The molecule has 0 amide bonds. The van der Waals surface area contributed by atoms with Crippen molar-refractivity contribution in [3.63, 3.8) is 0 Å². The highest BCUT2D eigenvalue weighted by molar-refractivity contribution is 7.27. The van der Waals surface area contributed by atoms with Crippen LogP contribution in [0.5, 0.6) is 5.75 Å². The lowest BCUT2D eigenvalue weighted by Crippen LogP contribution is -2.15. The maximum absolute atomic E-state index is 5.82. The number of hydrogen-bond donors (Lipinski definition) is 1. The van der Waals surface area contributed by atoms with Crippen LogP contribution >= 0.6 is 9.24 Å². The molecule has 0 heterocycles. The SMILES string of the molecule is CC.CC1CC1.CC\C=C(Nc1c(OC)cc(C)cc1C1CCC1)/C(=C/C=C(\C)C1CC1)C(C)C.Cc1cc2c(cc1P)CCC2(C)C. The zero-order chi connectivity index (χ0) is 35.6. The summed E-state index contributed by atoms with van der Waals surface area (Å²) in [6, 6.07) is 9.22. The summed E-state index contributed by atoms with van der Waals surface area (Å²) in [5.41, 5.74) is 12.9. The Balaban J connectivity index is 0.000000268. The second kappa shape index (κ2) is 18.6. The first-order chi connectivity index (χ1) is 22.8. The molecule has 3 fully saturated rings. The highest BCUT2D eigenvalue weighted by Crippen LogP contribution is 2.45. The molecule has 0 saturated heterocycles. The van der Waals surface area contributed by atoms with Gasteiger partial charge in [-0.15, -0.1) is 9.24 Å². The van der Waals surface area contributed by atoms with Gasteiger partial charge in [0.15, 0.2) is 0 Å². The van der Waals surface area contributed by atoms with Crippen LogP contribution in [-0.4, -0.2) is 7.11 Å².